The molecule has 2 nitrogen and oxygen atoms in total. The Kier molecular flexibility index (Phi) is 3.72. The van der Waals surface area contributed by atoms with Gasteiger partial charge in [-0.15, -0.1) is 0 Å². The molecule has 92 valence electrons. The largest absolute Gasteiger partial charge is 0.346 e. The lowest BCUT2D eigenvalue weighted by molar-refractivity contribution is 0.0940. The van der Waals surface area contributed by atoms with E-state index in [1.54, 1.807) is 0 Å². The molecule has 1 amide bonds. The molecule has 0 aliphatic heterocycles. The summed E-state index contributed by atoms with van der Waals surface area (Å²) >= 11 is 0. The highest BCUT2D eigenvalue weighted by Gasteiger charge is 2.10. The SMILES string of the molecule is C[C@@H](NC(=O)c1ccc(F)cc1)c1ccccc1. The van der Waals surface area contributed by atoms with E-state index in [-0.39, 0.29) is 17.8 Å². The molecule has 0 aliphatic rings. The van der Waals surface area contributed by atoms with Crippen molar-refractivity contribution < 1.29 is 9.18 Å². The molecule has 0 unspecified atom stereocenters. The number of halogens is 1. The fourth-order valence-electron chi connectivity index (χ4n) is 1.71. The first-order valence-corrected chi connectivity index (χ1v) is 5.78. The summed E-state index contributed by atoms with van der Waals surface area (Å²) in [5.41, 5.74) is 1.49. The zero-order chi connectivity index (χ0) is 13.0. The van der Waals surface area contributed by atoms with Gasteiger partial charge < -0.3 is 5.32 Å². The first kappa shape index (κ1) is 12.3. The predicted octanol–water partition coefficient (Wildman–Crippen LogP) is 3.32. The molecule has 2 aromatic carbocycles. The molecule has 2 aromatic rings. The minimum atomic E-state index is -0.345. The van der Waals surface area contributed by atoms with Gasteiger partial charge in [-0.25, -0.2) is 4.39 Å². The second-order valence-corrected chi connectivity index (χ2v) is 4.11. The van der Waals surface area contributed by atoms with E-state index < -0.39 is 0 Å². The van der Waals surface area contributed by atoms with Crippen LogP contribution in [0.25, 0.3) is 0 Å². The summed E-state index contributed by atoms with van der Waals surface area (Å²) in [5.74, 6) is -0.547. The van der Waals surface area contributed by atoms with E-state index in [1.165, 1.54) is 24.3 Å². The molecule has 0 radical (unpaired) electrons. The van der Waals surface area contributed by atoms with Crippen LogP contribution in [-0.2, 0) is 0 Å². The highest BCUT2D eigenvalue weighted by molar-refractivity contribution is 5.94. The topological polar surface area (TPSA) is 29.1 Å². The van der Waals surface area contributed by atoms with Crippen LogP contribution in [0.1, 0.15) is 28.9 Å². The van der Waals surface area contributed by atoms with Crippen LogP contribution in [0.3, 0.4) is 0 Å². The van der Waals surface area contributed by atoms with Gasteiger partial charge in [0, 0.05) is 5.56 Å². The Labute approximate surface area is 105 Å². The van der Waals surface area contributed by atoms with Gasteiger partial charge >= 0.3 is 0 Å². The molecule has 3 heteroatoms. The van der Waals surface area contributed by atoms with Crippen molar-refractivity contribution >= 4 is 5.91 Å². The Morgan fingerprint density at radius 3 is 2.28 bits per heavy atom. The van der Waals surface area contributed by atoms with Crippen LogP contribution in [0.5, 0.6) is 0 Å². The molecular weight excluding hydrogens is 229 g/mol. The molecule has 0 spiro atoms. The third kappa shape index (κ3) is 2.94. The van der Waals surface area contributed by atoms with Crippen molar-refractivity contribution in [1.29, 1.82) is 0 Å². The van der Waals surface area contributed by atoms with Gasteiger partial charge in [0.1, 0.15) is 5.82 Å². The summed E-state index contributed by atoms with van der Waals surface area (Å²) < 4.78 is 12.7. The number of benzene rings is 2. The Morgan fingerprint density at radius 2 is 1.67 bits per heavy atom. The second kappa shape index (κ2) is 5.45. The van der Waals surface area contributed by atoms with Gasteiger partial charge in [-0.05, 0) is 36.8 Å². The number of amides is 1. The number of nitrogens with one attached hydrogen (secondary N) is 1. The van der Waals surface area contributed by atoms with Crippen molar-refractivity contribution in [2.75, 3.05) is 0 Å². The minimum Gasteiger partial charge on any atom is -0.346 e. The molecule has 1 atom stereocenters. The van der Waals surface area contributed by atoms with Gasteiger partial charge in [-0.1, -0.05) is 30.3 Å². The van der Waals surface area contributed by atoms with E-state index in [0.717, 1.165) is 5.56 Å². The molecule has 0 aromatic heterocycles. The summed E-state index contributed by atoms with van der Waals surface area (Å²) in [6, 6.07) is 15.1. The molecule has 0 saturated heterocycles. The first-order valence-electron chi connectivity index (χ1n) is 5.78. The Bertz CT molecular complexity index is 522. The lowest BCUT2D eigenvalue weighted by atomic mass is 10.1. The van der Waals surface area contributed by atoms with Crippen LogP contribution in [0.4, 0.5) is 4.39 Å². The summed E-state index contributed by atoms with van der Waals surface area (Å²) in [4.78, 5) is 11.9. The van der Waals surface area contributed by atoms with Gasteiger partial charge in [0.2, 0.25) is 0 Å². The Balaban J connectivity index is 2.06. The van der Waals surface area contributed by atoms with Gasteiger partial charge in [-0.3, -0.25) is 4.79 Å². The molecule has 0 saturated carbocycles. The molecule has 0 heterocycles. The summed E-state index contributed by atoms with van der Waals surface area (Å²) in [5, 5.41) is 2.87. The molecular formula is C15H14FNO. The first-order chi connectivity index (χ1) is 8.66. The number of hydrogen-bond donors (Lipinski definition) is 1. The average Bonchev–Trinajstić information content (AvgIpc) is 2.40. The smallest absolute Gasteiger partial charge is 0.251 e. The van der Waals surface area contributed by atoms with Gasteiger partial charge in [0.25, 0.3) is 5.91 Å². The lowest BCUT2D eigenvalue weighted by Crippen LogP contribution is -2.26. The lowest BCUT2D eigenvalue weighted by Gasteiger charge is -2.14. The highest BCUT2D eigenvalue weighted by Crippen LogP contribution is 2.12. The van der Waals surface area contributed by atoms with E-state index >= 15 is 0 Å². The number of rotatable bonds is 3. The van der Waals surface area contributed by atoms with Crippen molar-refractivity contribution in [1.82, 2.24) is 5.32 Å². The van der Waals surface area contributed by atoms with E-state index in [9.17, 15) is 9.18 Å². The van der Waals surface area contributed by atoms with Crippen LogP contribution in [0.2, 0.25) is 0 Å². The molecule has 18 heavy (non-hydrogen) atoms. The Morgan fingerprint density at radius 1 is 1.06 bits per heavy atom. The van der Waals surface area contributed by atoms with Crippen LogP contribution in [-0.4, -0.2) is 5.91 Å². The zero-order valence-electron chi connectivity index (χ0n) is 10.1. The van der Waals surface area contributed by atoms with E-state index in [2.05, 4.69) is 5.32 Å². The maximum Gasteiger partial charge on any atom is 0.251 e. The maximum atomic E-state index is 12.7. The molecule has 0 bridgehead atoms. The predicted molar refractivity (Wildman–Crippen MR) is 68.7 cm³/mol. The normalized spacial score (nSPS) is 11.9. The summed E-state index contributed by atoms with van der Waals surface area (Å²) in [7, 11) is 0. The fraction of sp³-hybridized carbons (Fsp3) is 0.133. The molecule has 0 fully saturated rings. The van der Waals surface area contributed by atoms with Crippen LogP contribution in [0, 0.1) is 5.82 Å². The fourth-order valence-corrected chi connectivity index (χ4v) is 1.71. The molecule has 2 rings (SSSR count). The van der Waals surface area contributed by atoms with Crippen LogP contribution < -0.4 is 5.32 Å². The van der Waals surface area contributed by atoms with E-state index in [1.807, 2.05) is 37.3 Å². The third-order valence-corrected chi connectivity index (χ3v) is 2.75. The van der Waals surface area contributed by atoms with Crippen molar-refractivity contribution in [3.63, 3.8) is 0 Å². The van der Waals surface area contributed by atoms with Crippen LogP contribution >= 0.6 is 0 Å². The number of carbonyl (C=O) groups excluding carboxylic acids is 1. The maximum absolute atomic E-state index is 12.7. The van der Waals surface area contributed by atoms with Crippen molar-refractivity contribution in [2.45, 2.75) is 13.0 Å². The van der Waals surface area contributed by atoms with E-state index in [4.69, 9.17) is 0 Å². The van der Waals surface area contributed by atoms with Gasteiger partial charge in [0.15, 0.2) is 0 Å². The Hall–Kier alpha value is -2.16. The van der Waals surface area contributed by atoms with Crippen molar-refractivity contribution in [3.05, 3.63) is 71.5 Å². The summed E-state index contributed by atoms with van der Waals surface area (Å²) in [6.07, 6.45) is 0. The molecule has 1 N–H and O–H groups in total. The van der Waals surface area contributed by atoms with Crippen LogP contribution in [0.15, 0.2) is 54.6 Å². The standard InChI is InChI=1S/C15H14FNO/c1-11(12-5-3-2-4-6-12)17-15(18)13-7-9-14(16)10-8-13/h2-11H,1H3,(H,17,18)/t11-/m1/s1. The zero-order valence-corrected chi connectivity index (χ0v) is 10.1. The quantitative estimate of drug-likeness (QED) is 0.880. The number of hydrogen-bond acceptors (Lipinski definition) is 1. The summed E-state index contributed by atoms with van der Waals surface area (Å²) in [6.45, 7) is 1.91. The van der Waals surface area contributed by atoms with E-state index in [0.29, 0.717) is 5.56 Å². The van der Waals surface area contributed by atoms with Crippen molar-refractivity contribution in [3.8, 4) is 0 Å². The highest BCUT2D eigenvalue weighted by atomic mass is 19.1. The number of carbonyl (C=O) groups is 1. The molecule has 0 aliphatic carbocycles. The second-order valence-electron chi connectivity index (χ2n) is 4.11. The van der Waals surface area contributed by atoms with Gasteiger partial charge in [0.05, 0.1) is 6.04 Å². The van der Waals surface area contributed by atoms with Crippen molar-refractivity contribution in [2.24, 2.45) is 0 Å². The monoisotopic (exact) mass is 243 g/mol. The minimum absolute atomic E-state index is 0.0799. The van der Waals surface area contributed by atoms with Gasteiger partial charge in [-0.2, -0.15) is 0 Å². The third-order valence-electron chi connectivity index (χ3n) is 2.75. The average molecular weight is 243 g/mol.